The van der Waals surface area contributed by atoms with Gasteiger partial charge in [-0.1, -0.05) is 60.7 Å². The molecule has 0 spiro atoms. The molecule has 0 aliphatic carbocycles. The summed E-state index contributed by atoms with van der Waals surface area (Å²) in [7, 11) is 1.65. The van der Waals surface area contributed by atoms with Crippen molar-refractivity contribution in [2.24, 2.45) is 10.2 Å². The molecule has 0 N–H and O–H groups in total. The first-order valence-electron chi connectivity index (χ1n) is 6.73. The van der Waals surface area contributed by atoms with Crippen LogP contribution < -0.4 is 0 Å². The van der Waals surface area contributed by atoms with Crippen LogP contribution in [-0.2, 0) is 10.5 Å². The lowest BCUT2D eigenvalue weighted by Gasteiger charge is -2.23. The molecule has 2 unspecified atom stereocenters. The highest BCUT2D eigenvalue weighted by atomic mass is 16.5. The molecule has 0 fully saturated rings. The first-order valence-corrected chi connectivity index (χ1v) is 6.73. The molecule has 20 heavy (non-hydrogen) atoms. The van der Waals surface area contributed by atoms with Crippen molar-refractivity contribution in [1.29, 1.82) is 0 Å². The van der Waals surface area contributed by atoms with Crippen LogP contribution in [0.1, 0.15) is 31.0 Å². The van der Waals surface area contributed by atoms with Crippen LogP contribution in [0.15, 0.2) is 70.9 Å². The Bertz CT molecular complexity index is 554. The number of benzene rings is 2. The van der Waals surface area contributed by atoms with Gasteiger partial charge in [-0.05, 0) is 19.4 Å². The van der Waals surface area contributed by atoms with E-state index in [1.807, 2.05) is 62.4 Å². The smallest absolute Gasteiger partial charge is 0.201 e. The molecule has 2 aromatic carbocycles. The van der Waals surface area contributed by atoms with Gasteiger partial charge in [-0.3, -0.25) is 0 Å². The zero-order chi connectivity index (χ0) is 14.4. The van der Waals surface area contributed by atoms with Gasteiger partial charge in [-0.15, -0.1) is 0 Å². The summed E-state index contributed by atoms with van der Waals surface area (Å²) in [6.07, 6.45) is 0. The molecule has 0 aliphatic heterocycles. The van der Waals surface area contributed by atoms with Gasteiger partial charge in [0, 0.05) is 12.7 Å². The van der Waals surface area contributed by atoms with Crippen molar-refractivity contribution in [2.45, 2.75) is 25.6 Å². The summed E-state index contributed by atoms with van der Waals surface area (Å²) < 4.78 is 5.55. The number of ether oxygens (including phenoxy) is 1. The molecule has 0 radical (unpaired) electrons. The highest BCUT2D eigenvalue weighted by Crippen LogP contribution is 2.28. The van der Waals surface area contributed by atoms with Gasteiger partial charge in [0.1, 0.15) is 0 Å². The van der Waals surface area contributed by atoms with Crippen molar-refractivity contribution >= 4 is 0 Å². The Morgan fingerprint density at radius 3 is 2.05 bits per heavy atom. The minimum atomic E-state index is -0.746. The number of hydrogen-bond acceptors (Lipinski definition) is 3. The fraction of sp³-hybridized carbons (Fsp3) is 0.294. The Kier molecular flexibility index (Phi) is 4.64. The van der Waals surface area contributed by atoms with Crippen LogP contribution in [0.5, 0.6) is 0 Å². The lowest BCUT2D eigenvalue weighted by molar-refractivity contribution is 0.00218. The van der Waals surface area contributed by atoms with Gasteiger partial charge < -0.3 is 4.74 Å². The summed E-state index contributed by atoms with van der Waals surface area (Å²) in [4.78, 5) is 0. The SMILES string of the molecule is COC(C)(N=NC(C)c1ccccc1)c1ccccc1. The number of nitrogens with zero attached hydrogens (tertiary/aromatic N) is 2. The predicted octanol–water partition coefficient (Wildman–Crippen LogP) is 4.72. The van der Waals surface area contributed by atoms with Gasteiger partial charge in [-0.25, -0.2) is 0 Å². The molecule has 0 aliphatic rings. The number of rotatable bonds is 5. The van der Waals surface area contributed by atoms with Crippen molar-refractivity contribution in [2.75, 3.05) is 7.11 Å². The van der Waals surface area contributed by atoms with Gasteiger partial charge in [0.05, 0.1) is 6.04 Å². The van der Waals surface area contributed by atoms with Gasteiger partial charge in [-0.2, -0.15) is 10.2 Å². The number of azo groups is 1. The monoisotopic (exact) mass is 268 g/mol. The molecule has 2 aromatic rings. The maximum absolute atomic E-state index is 5.55. The van der Waals surface area contributed by atoms with Crippen LogP contribution in [0.2, 0.25) is 0 Å². The van der Waals surface area contributed by atoms with E-state index in [0.717, 1.165) is 11.1 Å². The molecular formula is C17H20N2O. The minimum absolute atomic E-state index is 0.00869. The van der Waals surface area contributed by atoms with Crippen LogP contribution >= 0.6 is 0 Å². The Hall–Kier alpha value is -2.00. The third kappa shape index (κ3) is 3.31. The van der Waals surface area contributed by atoms with Crippen molar-refractivity contribution in [3.05, 3.63) is 71.8 Å². The van der Waals surface area contributed by atoms with E-state index in [1.54, 1.807) is 7.11 Å². The summed E-state index contributed by atoms with van der Waals surface area (Å²) in [5, 5.41) is 8.84. The molecule has 0 aromatic heterocycles. The number of hydrogen-bond donors (Lipinski definition) is 0. The Morgan fingerprint density at radius 2 is 1.50 bits per heavy atom. The minimum Gasteiger partial charge on any atom is -0.352 e. The van der Waals surface area contributed by atoms with Crippen molar-refractivity contribution in [1.82, 2.24) is 0 Å². The largest absolute Gasteiger partial charge is 0.352 e. The molecule has 0 amide bonds. The molecule has 0 bridgehead atoms. The van der Waals surface area contributed by atoms with E-state index in [1.165, 1.54) is 0 Å². The third-order valence-electron chi connectivity index (χ3n) is 3.41. The lowest BCUT2D eigenvalue weighted by atomic mass is 10.1. The summed E-state index contributed by atoms with van der Waals surface area (Å²) in [6, 6.07) is 20.0. The number of methoxy groups -OCH3 is 1. The molecule has 0 saturated heterocycles. The fourth-order valence-corrected chi connectivity index (χ4v) is 1.96. The first kappa shape index (κ1) is 14.4. The van der Waals surface area contributed by atoms with E-state index in [2.05, 4.69) is 22.4 Å². The molecule has 0 saturated carbocycles. The standard InChI is InChI=1S/C17H20N2O/c1-14(15-10-6-4-7-11-15)18-19-17(2,20-3)16-12-8-5-9-13-16/h4-14H,1-3H3. The first-order chi connectivity index (χ1) is 9.65. The van der Waals surface area contributed by atoms with E-state index in [4.69, 9.17) is 4.74 Å². The van der Waals surface area contributed by atoms with Crippen LogP contribution in [0.3, 0.4) is 0 Å². The van der Waals surface area contributed by atoms with Gasteiger partial charge in [0.25, 0.3) is 0 Å². The molecule has 104 valence electrons. The molecular weight excluding hydrogens is 248 g/mol. The maximum Gasteiger partial charge on any atom is 0.201 e. The summed E-state index contributed by atoms with van der Waals surface area (Å²) >= 11 is 0. The Balaban J connectivity index is 2.20. The van der Waals surface area contributed by atoms with Crippen molar-refractivity contribution in [3.8, 4) is 0 Å². The van der Waals surface area contributed by atoms with E-state index in [0.29, 0.717) is 0 Å². The maximum atomic E-state index is 5.55. The Morgan fingerprint density at radius 1 is 0.950 bits per heavy atom. The van der Waals surface area contributed by atoms with Gasteiger partial charge >= 0.3 is 0 Å². The second kappa shape index (κ2) is 6.44. The predicted molar refractivity (Wildman–Crippen MR) is 80.5 cm³/mol. The lowest BCUT2D eigenvalue weighted by Crippen LogP contribution is -2.21. The molecule has 0 heterocycles. The van der Waals surface area contributed by atoms with E-state index >= 15 is 0 Å². The average molecular weight is 268 g/mol. The summed E-state index contributed by atoms with van der Waals surface area (Å²) in [5.41, 5.74) is 1.39. The quantitative estimate of drug-likeness (QED) is 0.722. The van der Waals surface area contributed by atoms with Crippen LogP contribution in [0, 0.1) is 0 Å². The van der Waals surface area contributed by atoms with Gasteiger partial charge in [0.15, 0.2) is 0 Å². The topological polar surface area (TPSA) is 34.0 Å². The zero-order valence-corrected chi connectivity index (χ0v) is 12.2. The van der Waals surface area contributed by atoms with E-state index in [-0.39, 0.29) is 6.04 Å². The molecule has 3 nitrogen and oxygen atoms in total. The van der Waals surface area contributed by atoms with Crippen LogP contribution in [0.4, 0.5) is 0 Å². The van der Waals surface area contributed by atoms with Crippen molar-refractivity contribution < 1.29 is 4.74 Å². The third-order valence-corrected chi connectivity index (χ3v) is 3.41. The van der Waals surface area contributed by atoms with E-state index in [9.17, 15) is 0 Å². The van der Waals surface area contributed by atoms with Crippen molar-refractivity contribution in [3.63, 3.8) is 0 Å². The molecule has 2 atom stereocenters. The summed E-state index contributed by atoms with van der Waals surface area (Å²) in [5.74, 6) is 0. The summed E-state index contributed by atoms with van der Waals surface area (Å²) in [6.45, 7) is 3.95. The molecule has 2 rings (SSSR count). The molecule has 3 heteroatoms. The zero-order valence-electron chi connectivity index (χ0n) is 12.2. The van der Waals surface area contributed by atoms with E-state index < -0.39 is 5.72 Å². The second-order valence-electron chi connectivity index (χ2n) is 4.86. The normalized spacial score (nSPS) is 15.9. The fourth-order valence-electron chi connectivity index (χ4n) is 1.96. The van der Waals surface area contributed by atoms with Gasteiger partial charge in [0.2, 0.25) is 5.72 Å². The van der Waals surface area contributed by atoms with Crippen LogP contribution in [-0.4, -0.2) is 7.11 Å². The van der Waals surface area contributed by atoms with Crippen LogP contribution in [0.25, 0.3) is 0 Å². The average Bonchev–Trinajstić information content (AvgIpc) is 2.54. The second-order valence-corrected chi connectivity index (χ2v) is 4.86. The highest BCUT2D eigenvalue weighted by molar-refractivity contribution is 5.21. The highest BCUT2D eigenvalue weighted by Gasteiger charge is 2.25. The Labute approximate surface area is 120 Å².